The zero-order chi connectivity index (χ0) is 14.9. The maximum absolute atomic E-state index is 13.8. The molecule has 0 saturated heterocycles. The van der Waals surface area contributed by atoms with Gasteiger partial charge in [-0.3, -0.25) is 4.79 Å². The number of methoxy groups -OCH3 is 1. The van der Waals surface area contributed by atoms with Crippen molar-refractivity contribution in [3.05, 3.63) is 51.7 Å². The van der Waals surface area contributed by atoms with Crippen molar-refractivity contribution < 1.29 is 19.0 Å². The highest BCUT2D eigenvalue weighted by Gasteiger charge is 2.18. The lowest BCUT2D eigenvalue weighted by Crippen LogP contribution is -2.23. The molecule has 6 nitrogen and oxygen atoms in total. The molecule has 7 heteroatoms. The highest BCUT2D eigenvalue weighted by Crippen LogP contribution is 2.16. The molecule has 2 aromatic rings. The average Bonchev–Trinajstić information content (AvgIpc) is 2.41. The highest BCUT2D eigenvalue weighted by molar-refractivity contribution is 5.85. The molecule has 1 heterocycles. The molecule has 0 fully saturated rings. The summed E-state index contributed by atoms with van der Waals surface area (Å²) in [7, 11) is 1.22. The smallest absolute Gasteiger partial charge is 0.360 e. The minimum atomic E-state index is -1.50. The van der Waals surface area contributed by atoms with Gasteiger partial charge < -0.3 is 9.84 Å². The monoisotopic (exact) mass is 278 g/mol. The fourth-order valence-electron chi connectivity index (χ4n) is 1.68. The Morgan fingerprint density at radius 3 is 2.75 bits per heavy atom. The number of aryl methyl sites for hydroxylation is 1. The SMILES string of the molecule is COc1cn(-c2cc(C)ccc2F)nc(C(=O)O)c1=O. The molecule has 20 heavy (non-hydrogen) atoms. The van der Waals surface area contributed by atoms with Crippen molar-refractivity contribution in [3.63, 3.8) is 0 Å². The van der Waals surface area contributed by atoms with E-state index in [2.05, 4.69) is 5.10 Å². The number of benzene rings is 1. The van der Waals surface area contributed by atoms with E-state index >= 15 is 0 Å². The van der Waals surface area contributed by atoms with Crippen LogP contribution in [0.15, 0.2) is 29.2 Å². The van der Waals surface area contributed by atoms with Crippen LogP contribution in [0.1, 0.15) is 16.1 Å². The van der Waals surface area contributed by atoms with Crippen LogP contribution in [0, 0.1) is 12.7 Å². The van der Waals surface area contributed by atoms with Gasteiger partial charge in [0.05, 0.1) is 13.3 Å². The minimum Gasteiger partial charge on any atom is -0.491 e. The van der Waals surface area contributed by atoms with Crippen molar-refractivity contribution in [3.8, 4) is 11.4 Å². The number of hydrogen-bond donors (Lipinski definition) is 1. The van der Waals surface area contributed by atoms with Crippen molar-refractivity contribution in [2.75, 3.05) is 7.11 Å². The Kier molecular flexibility index (Phi) is 3.51. The molecule has 2 rings (SSSR count). The lowest BCUT2D eigenvalue weighted by Gasteiger charge is -2.10. The summed E-state index contributed by atoms with van der Waals surface area (Å²) >= 11 is 0. The zero-order valence-electron chi connectivity index (χ0n) is 10.8. The molecular weight excluding hydrogens is 267 g/mol. The summed E-state index contributed by atoms with van der Waals surface area (Å²) in [6.45, 7) is 1.75. The van der Waals surface area contributed by atoms with Crippen LogP contribution in [0.5, 0.6) is 5.75 Å². The van der Waals surface area contributed by atoms with Gasteiger partial charge in [-0.2, -0.15) is 5.10 Å². The molecule has 0 unspecified atom stereocenters. The zero-order valence-corrected chi connectivity index (χ0v) is 10.8. The Bertz CT molecular complexity index is 740. The Morgan fingerprint density at radius 2 is 2.15 bits per heavy atom. The van der Waals surface area contributed by atoms with E-state index in [-0.39, 0.29) is 11.4 Å². The molecule has 1 aromatic carbocycles. The first-order valence-corrected chi connectivity index (χ1v) is 5.62. The van der Waals surface area contributed by atoms with Gasteiger partial charge in [0, 0.05) is 0 Å². The van der Waals surface area contributed by atoms with Gasteiger partial charge >= 0.3 is 5.97 Å². The van der Waals surface area contributed by atoms with Gasteiger partial charge in [0.25, 0.3) is 5.43 Å². The molecule has 0 spiro atoms. The molecule has 0 aliphatic carbocycles. The fourth-order valence-corrected chi connectivity index (χ4v) is 1.68. The molecule has 1 N–H and O–H groups in total. The van der Waals surface area contributed by atoms with E-state index in [9.17, 15) is 14.0 Å². The molecule has 1 aromatic heterocycles. The number of nitrogens with zero attached hydrogens (tertiary/aromatic N) is 2. The Hall–Kier alpha value is -2.70. The molecule has 0 aliphatic rings. The van der Waals surface area contributed by atoms with Crippen molar-refractivity contribution >= 4 is 5.97 Å². The number of carboxylic acids is 1. The van der Waals surface area contributed by atoms with Crippen LogP contribution in [0.2, 0.25) is 0 Å². The number of carbonyl (C=O) groups is 1. The minimum absolute atomic E-state index is 0.0331. The first kappa shape index (κ1) is 13.7. The summed E-state index contributed by atoms with van der Waals surface area (Å²) < 4.78 is 19.6. The second-order valence-electron chi connectivity index (χ2n) is 4.08. The van der Waals surface area contributed by atoms with E-state index in [0.29, 0.717) is 0 Å². The third-order valence-corrected chi connectivity index (χ3v) is 2.66. The van der Waals surface area contributed by atoms with Gasteiger partial charge in [-0.25, -0.2) is 13.9 Å². The van der Waals surface area contributed by atoms with Crippen LogP contribution in [0.4, 0.5) is 4.39 Å². The van der Waals surface area contributed by atoms with E-state index in [4.69, 9.17) is 9.84 Å². The lowest BCUT2D eigenvalue weighted by atomic mass is 10.2. The van der Waals surface area contributed by atoms with Gasteiger partial charge in [0.1, 0.15) is 11.5 Å². The summed E-state index contributed by atoms with van der Waals surface area (Å²) in [6, 6.07) is 4.28. The number of halogens is 1. The van der Waals surface area contributed by atoms with Crippen LogP contribution in [0.25, 0.3) is 5.69 Å². The van der Waals surface area contributed by atoms with Crippen LogP contribution in [-0.4, -0.2) is 28.0 Å². The molecule has 0 bridgehead atoms. The van der Waals surface area contributed by atoms with Crippen LogP contribution >= 0.6 is 0 Å². The van der Waals surface area contributed by atoms with E-state index in [1.165, 1.54) is 19.2 Å². The lowest BCUT2D eigenvalue weighted by molar-refractivity contribution is 0.0686. The van der Waals surface area contributed by atoms with E-state index in [1.54, 1.807) is 13.0 Å². The van der Waals surface area contributed by atoms with Gasteiger partial charge in [-0.05, 0) is 24.6 Å². The number of rotatable bonds is 3. The fraction of sp³-hybridized carbons (Fsp3) is 0.154. The number of aromatic carboxylic acids is 1. The number of carboxylic acid groups (broad SMARTS) is 1. The first-order valence-electron chi connectivity index (χ1n) is 5.62. The molecule has 0 radical (unpaired) electrons. The summed E-state index contributed by atoms with van der Waals surface area (Å²) in [5, 5.41) is 12.6. The molecule has 0 saturated carbocycles. The maximum atomic E-state index is 13.8. The summed E-state index contributed by atoms with van der Waals surface area (Å²) in [6.07, 6.45) is 1.15. The van der Waals surface area contributed by atoms with Gasteiger partial charge in [0.2, 0.25) is 5.69 Å². The predicted octanol–water partition coefficient (Wildman–Crippen LogP) is 1.39. The molecule has 0 amide bonds. The van der Waals surface area contributed by atoms with Gasteiger partial charge in [-0.1, -0.05) is 6.07 Å². The third-order valence-electron chi connectivity index (χ3n) is 2.66. The van der Waals surface area contributed by atoms with Crippen molar-refractivity contribution in [1.82, 2.24) is 9.78 Å². The van der Waals surface area contributed by atoms with Crippen molar-refractivity contribution in [2.45, 2.75) is 6.92 Å². The summed E-state index contributed by atoms with van der Waals surface area (Å²) in [5.74, 6) is -2.32. The van der Waals surface area contributed by atoms with Gasteiger partial charge in [0.15, 0.2) is 5.75 Å². The van der Waals surface area contributed by atoms with Gasteiger partial charge in [-0.15, -0.1) is 0 Å². The van der Waals surface area contributed by atoms with Crippen molar-refractivity contribution in [1.29, 1.82) is 0 Å². The average molecular weight is 278 g/mol. The maximum Gasteiger partial charge on any atom is 0.360 e. The van der Waals surface area contributed by atoms with Crippen LogP contribution in [0.3, 0.4) is 0 Å². The summed E-state index contributed by atoms with van der Waals surface area (Å²) in [5.41, 5.74) is -0.793. The van der Waals surface area contributed by atoms with E-state index < -0.39 is 22.9 Å². The normalized spacial score (nSPS) is 10.3. The summed E-state index contributed by atoms with van der Waals surface area (Å²) in [4.78, 5) is 22.7. The Balaban J connectivity index is 2.75. The topological polar surface area (TPSA) is 81.4 Å². The quantitative estimate of drug-likeness (QED) is 0.917. The molecule has 104 valence electrons. The second kappa shape index (κ2) is 5.12. The van der Waals surface area contributed by atoms with E-state index in [1.807, 2.05) is 0 Å². The Labute approximate surface area is 113 Å². The second-order valence-corrected chi connectivity index (χ2v) is 4.08. The molecule has 0 atom stereocenters. The molecular formula is C13H11FN2O4. The number of hydrogen-bond acceptors (Lipinski definition) is 4. The molecule has 0 aliphatic heterocycles. The van der Waals surface area contributed by atoms with Crippen LogP contribution in [-0.2, 0) is 0 Å². The number of ether oxygens (including phenoxy) is 1. The predicted molar refractivity (Wildman–Crippen MR) is 68.0 cm³/mol. The van der Waals surface area contributed by atoms with E-state index in [0.717, 1.165) is 16.4 Å². The first-order chi connectivity index (χ1) is 9.43. The third kappa shape index (κ3) is 2.37. The Morgan fingerprint density at radius 1 is 1.45 bits per heavy atom. The standard InChI is InChI=1S/C13H11FN2O4/c1-7-3-4-8(14)9(5-7)16-6-10(20-2)12(17)11(15-16)13(18)19/h3-6H,1-2H3,(H,18,19). The highest BCUT2D eigenvalue weighted by atomic mass is 19.1. The number of aromatic nitrogens is 2. The van der Waals surface area contributed by atoms with Crippen molar-refractivity contribution in [2.24, 2.45) is 0 Å². The largest absolute Gasteiger partial charge is 0.491 e. The van der Waals surface area contributed by atoms with Crippen LogP contribution < -0.4 is 10.2 Å².